The van der Waals surface area contributed by atoms with Crippen LogP contribution in [0.4, 0.5) is 0 Å². The van der Waals surface area contributed by atoms with E-state index in [0.29, 0.717) is 28.4 Å². The van der Waals surface area contributed by atoms with Crippen molar-refractivity contribution in [2.24, 2.45) is 11.8 Å². The summed E-state index contributed by atoms with van der Waals surface area (Å²) in [6.07, 6.45) is 10.3. The minimum Gasteiger partial charge on any atom is -0.326 e. The van der Waals surface area contributed by atoms with Gasteiger partial charge in [0.2, 0.25) is 0 Å². The van der Waals surface area contributed by atoms with Crippen LogP contribution in [-0.2, 0) is 0 Å². The molecule has 0 unspecified atom stereocenters. The van der Waals surface area contributed by atoms with Gasteiger partial charge < -0.3 is 4.57 Å². The van der Waals surface area contributed by atoms with Crippen LogP contribution in [0.15, 0.2) is 30.9 Å². The maximum absolute atomic E-state index is 9.38. The summed E-state index contributed by atoms with van der Waals surface area (Å²) < 4.78 is 2.22. The van der Waals surface area contributed by atoms with Crippen LogP contribution >= 0.6 is 11.6 Å². The van der Waals surface area contributed by atoms with Crippen LogP contribution < -0.4 is 0 Å². The van der Waals surface area contributed by atoms with Crippen molar-refractivity contribution in [3.05, 3.63) is 41.6 Å². The average Bonchev–Trinajstić information content (AvgIpc) is 3.11. The lowest BCUT2D eigenvalue weighted by Gasteiger charge is -2.31. The molecule has 138 valence electrons. The van der Waals surface area contributed by atoms with Gasteiger partial charge in [-0.3, -0.25) is 4.98 Å². The van der Waals surface area contributed by atoms with E-state index in [-0.39, 0.29) is 0 Å². The molecule has 0 N–H and O–H groups in total. The van der Waals surface area contributed by atoms with Crippen molar-refractivity contribution in [1.82, 2.24) is 19.5 Å². The van der Waals surface area contributed by atoms with Gasteiger partial charge in [-0.15, -0.1) is 0 Å². The van der Waals surface area contributed by atoms with Gasteiger partial charge in [0.05, 0.1) is 28.1 Å². The molecule has 1 fully saturated rings. The fourth-order valence-corrected chi connectivity index (χ4v) is 4.34. The highest BCUT2D eigenvalue weighted by molar-refractivity contribution is 6.30. The van der Waals surface area contributed by atoms with Crippen LogP contribution in [0, 0.1) is 23.2 Å². The molecular formula is C21H22ClN5. The number of hydrogen-bond acceptors (Lipinski definition) is 4. The largest absolute Gasteiger partial charge is 0.326 e. The summed E-state index contributed by atoms with van der Waals surface area (Å²) in [4.78, 5) is 13.4. The summed E-state index contributed by atoms with van der Waals surface area (Å²) in [6, 6.07) is 6.05. The minimum absolute atomic E-state index is 0.322. The van der Waals surface area contributed by atoms with Crippen LogP contribution in [-0.4, -0.2) is 19.5 Å². The topological polar surface area (TPSA) is 67.4 Å². The maximum atomic E-state index is 9.38. The summed E-state index contributed by atoms with van der Waals surface area (Å²) in [7, 11) is 0. The number of pyridine rings is 2. The quantitative estimate of drug-likeness (QED) is 0.610. The number of aromatic nitrogens is 4. The second-order valence-corrected chi connectivity index (χ2v) is 8.08. The number of halogens is 1. The smallest absolute Gasteiger partial charge is 0.143 e. The highest BCUT2D eigenvalue weighted by Gasteiger charge is 2.26. The molecule has 27 heavy (non-hydrogen) atoms. The first kappa shape index (κ1) is 17.9. The number of nitrogens with zero attached hydrogens (tertiary/aromatic N) is 5. The van der Waals surface area contributed by atoms with E-state index in [0.717, 1.165) is 22.5 Å². The Hall–Kier alpha value is -2.45. The number of hydrogen-bond donors (Lipinski definition) is 0. The maximum Gasteiger partial charge on any atom is 0.143 e. The molecule has 4 rings (SSSR count). The highest BCUT2D eigenvalue weighted by Crippen LogP contribution is 2.38. The van der Waals surface area contributed by atoms with Gasteiger partial charge in [0.15, 0.2) is 0 Å². The van der Waals surface area contributed by atoms with Gasteiger partial charge in [-0.1, -0.05) is 31.4 Å². The SMILES string of the molecule is CC1CCC([C@H](C)n2cnc3cc(C#N)nc(-c4cncc(Cl)c4)c32)CC1. The molecule has 1 aliphatic rings. The lowest BCUT2D eigenvalue weighted by molar-refractivity contribution is 0.227. The standard InChI is InChI=1S/C21H22ClN5/c1-13-3-5-15(6-4-13)14(2)27-12-25-19-8-18(9-23)26-20(21(19)27)16-7-17(22)11-24-10-16/h7-8,10-15H,3-6H2,1-2H3/t13?,14-,15?/m0/s1. The Morgan fingerprint density at radius 3 is 2.70 bits per heavy atom. The van der Waals surface area contributed by atoms with Crippen LogP contribution in [0.1, 0.15) is 51.3 Å². The van der Waals surface area contributed by atoms with Gasteiger partial charge in [-0.05, 0) is 37.7 Å². The van der Waals surface area contributed by atoms with E-state index < -0.39 is 0 Å². The zero-order valence-corrected chi connectivity index (χ0v) is 16.3. The Labute approximate surface area is 164 Å². The number of imidazole rings is 1. The zero-order chi connectivity index (χ0) is 19.0. The highest BCUT2D eigenvalue weighted by atomic mass is 35.5. The lowest BCUT2D eigenvalue weighted by atomic mass is 9.79. The van der Waals surface area contributed by atoms with Crippen molar-refractivity contribution < 1.29 is 0 Å². The monoisotopic (exact) mass is 379 g/mol. The molecular weight excluding hydrogens is 358 g/mol. The summed E-state index contributed by atoms with van der Waals surface area (Å²) in [5.41, 5.74) is 3.60. The zero-order valence-electron chi connectivity index (χ0n) is 15.6. The fraction of sp³-hybridized carbons (Fsp3) is 0.429. The van der Waals surface area contributed by atoms with Crippen molar-refractivity contribution in [2.75, 3.05) is 0 Å². The molecule has 0 aromatic carbocycles. The first-order chi connectivity index (χ1) is 13.1. The molecule has 0 bridgehead atoms. The molecule has 0 aliphatic heterocycles. The van der Waals surface area contributed by atoms with Crippen molar-refractivity contribution in [3.8, 4) is 17.3 Å². The third kappa shape index (κ3) is 3.42. The second kappa shape index (κ2) is 7.28. The van der Waals surface area contributed by atoms with Gasteiger partial charge >= 0.3 is 0 Å². The molecule has 0 spiro atoms. The lowest BCUT2D eigenvalue weighted by Crippen LogP contribution is -2.21. The molecule has 5 nitrogen and oxygen atoms in total. The second-order valence-electron chi connectivity index (χ2n) is 7.64. The Balaban J connectivity index is 1.84. The van der Waals surface area contributed by atoms with Crippen molar-refractivity contribution in [3.63, 3.8) is 0 Å². The Morgan fingerprint density at radius 2 is 2.00 bits per heavy atom. The Bertz CT molecular complexity index is 1010. The Morgan fingerprint density at radius 1 is 1.22 bits per heavy atom. The van der Waals surface area contributed by atoms with E-state index in [1.165, 1.54) is 25.7 Å². The normalized spacial score (nSPS) is 21.1. The van der Waals surface area contributed by atoms with Gasteiger partial charge in [0.1, 0.15) is 11.8 Å². The van der Waals surface area contributed by atoms with Gasteiger partial charge in [0, 0.05) is 30.1 Å². The number of rotatable bonds is 3. The molecule has 0 saturated heterocycles. The van der Waals surface area contributed by atoms with E-state index in [1.54, 1.807) is 18.5 Å². The summed E-state index contributed by atoms with van der Waals surface area (Å²) >= 11 is 6.15. The van der Waals surface area contributed by atoms with E-state index in [1.807, 2.05) is 12.4 Å². The average molecular weight is 380 g/mol. The predicted octanol–water partition coefficient (Wildman–Crippen LogP) is 5.41. The van der Waals surface area contributed by atoms with Crippen LogP contribution in [0.3, 0.4) is 0 Å². The molecule has 6 heteroatoms. The van der Waals surface area contributed by atoms with Gasteiger partial charge in [0.25, 0.3) is 0 Å². The van der Waals surface area contributed by atoms with Crippen LogP contribution in [0.5, 0.6) is 0 Å². The first-order valence-electron chi connectivity index (χ1n) is 9.45. The molecule has 3 aromatic heterocycles. The van der Waals surface area contributed by atoms with Crippen LogP contribution in [0.2, 0.25) is 5.02 Å². The van der Waals surface area contributed by atoms with Gasteiger partial charge in [-0.2, -0.15) is 5.26 Å². The molecule has 3 aromatic rings. The van der Waals surface area contributed by atoms with Crippen molar-refractivity contribution >= 4 is 22.6 Å². The van der Waals surface area contributed by atoms with E-state index >= 15 is 0 Å². The molecule has 1 saturated carbocycles. The number of nitriles is 1. The molecule has 0 radical (unpaired) electrons. The molecule has 3 heterocycles. The molecule has 1 atom stereocenters. The number of fused-ring (bicyclic) bond motifs is 1. The van der Waals surface area contributed by atoms with E-state index in [4.69, 9.17) is 11.6 Å². The van der Waals surface area contributed by atoms with E-state index in [9.17, 15) is 5.26 Å². The first-order valence-corrected chi connectivity index (χ1v) is 9.83. The van der Waals surface area contributed by atoms with Crippen molar-refractivity contribution in [2.45, 2.75) is 45.6 Å². The third-order valence-corrected chi connectivity index (χ3v) is 6.03. The summed E-state index contributed by atoms with van der Waals surface area (Å²) in [5, 5.41) is 9.93. The Kier molecular flexibility index (Phi) is 4.84. The summed E-state index contributed by atoms with van der Waals surface area (Å²) in [5.74, 6) is 1.44. The van der Waals surface area contributed by atoms with E-state index in [2.05, 4.69) is 39.4 Å². The summed E-state index contributed by atoms with van der Waals surface area (Å²) in [6.45, 7) is 4.60. The fourth-order valence-electron chi connectivity index (χ4n) is 4.16. The predicted molar refractivity (Wildman–Crippen MR) is 106 cm³/mol. The van der Waals surface area contributed by atoms with Crippen molar-refractivity contribution in [1.29, 1.82) is 5.26 Å². The minimum atomic E-state index is 0.322. The molecule has 1 aliphatic carbocycles. The third-order valence-electron chi connectivity index (χ3n) is 5.83. The van der Waals surface area contributed by atoms with Gasteiger partial charge in [-0.25, -0.2) is 9.97 Å². The van der Waals surface area contributed by atoms with Crippen LogP contribution in [0.25, 0.3) is 22.3 Å². The molecule has 0 amide bonds.